The van der Waals surface area contributed by atoms with E-state index in [2.05, 4.69) is 0 Å². The van der Waals surface area contributed by atoms with Crippen molar-refractivity contribution in [2.24, 2.45) is 5.73 Å². The Labute approximate surface area is 71.7 Å². The molecule has 4 nitrogen and oxygen atoms in total. The second-order valence-corrected chi connectivity index (χ2v) is 3.23. The molecule has 1 aliphatic carbocycles. The Hall–Kier alpha value is -0.770. The number of aliphatic hydroxyl groups is 1. The number of ether oxygens (including phenoxy) is 1. The van der Waals surface area contributed by atoms with E-state index in [1.165, 1.54) is 0 Å². The van der Waals surface area contributed by atoms with Crippen LogP contribution in [0.5, 0.6) is 0 Å². The molecule has 3 N–H and O–H groups in total. The molecule has 0 aromatic rings. The van der Waals surface area contributed by atoms with E-state index in [0.29, 0.717) is 6.42 Å². The van der Waals surface area contributed by atoms with Crippen LogP contribution in [0.1, 0.15) is 32.1 Å². The zero-order valence-corrected chi connectivity index (χ0v) is 7.03. The van der Waals surface area contributed by atoms with Crippen molar-refractivity contribution < 1.29 is 14.6 Å². The maximum atomic E-state index is 10.4. The first-order valence-electron chi connectivity index (χ1n) is 4.32. The highest BCUT2D eigenvalue weighted by molar-refractivity contribution is 5.64. The molecule has 2 unspecified atom stereocenters. The lowest BCUT2D eigenvalue weighted by Gasteiger charge is -2.15. The van der Waals surface area contributed by atoms with Crippen LogP contribution < -0.4 is 5.73 Å². The van der Waals surface area contributed by atoms with Gasteiger partial charge in [-0.2, -0.15) is 0 Å². The van der Waals surface area contributed by atoms with Crippen LogP contribution in [0.4, 0.5) is 4.79 Å². The summed E-state index contributed by atoms with van der Waals surface area (Å²) in [6.07, 6.45) is 2.89. The molecule has 0 saturated heterocycles. The summed E-state index contributed by atoms with van der Waals surface area (Å²) in [6, 6.07) is 0. The van der Waals surface area contributed by atoms with Crippen LogP contribution in [-0.4, -0.2) is 23.4 Å². The number of rotatable bonds is 1. The fourth-order valence-electron chi connectivity index (χ4n) is 1.56. The molecule has 1 saturated carbocycles. The number of carbonyl (C=O) groups is 1. The molecule has 70 valence electrons. The summed E-state index contributed by atoms with van der Waals surface area (Å²) in [6.45, 7) is 0. The van der Waals surface area contributed by atoms with Gasteiger partial charge in [-0.1, -0.05) is 6.42 Å². The lowest BCUT2D eigenvalue weighted by molar-refractivity contribution is 0.0617. The molecule has 1 rings (SSSR count). The highest BCUT2D eigenvalue weighted by Gasteiger charge is 2.20. The smallest absolute Gasteiger partial charge is 0.404 e. The van der Waals surface area contributed by atoms with Gasteiger partial charge in [0.1, 0.15) is 6.10 Å². The van der Waals surface area contributed by atoms with Crippen molar-refractivity contribution in [3.05, 3.63) is 0 Å². The van der Waals surface area contributed by atoms with Gasteiger partial charge in [0.2, 0.25) is 0 Å². The van der Waals surface area contributed by atoms with Gasteiger partial charge in [0.25, 0.3) is 0 Å². The van der Waals surface area contributed by atoms with Gasteiger partial charge in [-0.05, 0) is 19.3 Å². The largest absolute Gasteiger partial charge is 0.446 e. The van der Waals surface area contributed by atoms with E-state index in [-0.39, 0.29) is 12.2 Å². The van der Waals surface area contributed by atoms with Gasteiger partial charge in [-0.25, -0.2) is 4.79 Å². The van der Waals surface area contributed by atoms with E-state index in [4.69, 9.17) is 10.5 Å². The van der Waals surface area contributed by atoms with Crippen molar-refractivity contribution in [1.82, 2.24) is 0 Å². The highest BCUT2D eigenvalue weighted by Crippen LogP contribution is 2.20. The SMILES string of the molecule is NC(=O)OC1CCCCC(O)C1. The Bertz CT molecular complexity index is 160. The van der Waals surface area contributed by atoms with Crippen LogP contribution in [0.3, 0.4) is 0 Å². The summed E-state index contributed by atoms with van der Waals surface area (Å²) in [4.78, 5) is 10.4. The second kappa shape index (κ2) is 4.30. The summed E-state index contributed by atoms with van der Waals surface area (Å²) in [7, 11) is 0. The molecule has 4 heteroatoms. The van der Waals surface area contributed by atoms with Crippen molar-refractivity contribution in [3.8, 4) is 0 Å². The minimum atomic E-state index is -0.742. The first-order chi connectivity index (χ1) is 5.68. The third-order valence-corrected chi connectivity index (χ3v) is 2.13. The van der Waals surface area contributed by atoms with Crippen molar-refractivity contribution in [1.29, 1.82) is 0 Å². The Morgan fingerprint density at radius 2 is 2.08 bits per heavy atom. The number of carbonyl (C=O) groups excluding carboxylic acids is 1. The molecule has 1 aliphatic rings. The number of aliphatic hydroxyl groups excluding tert-OH is 1. The molecule has 1 amide bonds. The summed E-state index contributed by atoms with van der Waals surface area (Å²) in [5.74, 6) is 0. The summed E-state index contributed by atoms with van der Waals surface area (Å²) in [5.41, 5.74) is 4.88. The Morgan fingerprint density at radius 3 is 2.75 bits per heavy atom. The standard InChI is InChI=1S/C8H15NO3/c9-8(11)12-7-4-2-1-3-6(10)5-7/h6-7,10H,1-5H2,(H2,9,11). The monoisotopic (exact) mass is 173 g/mol. The summed E-state index contributed by atoms with van der Waals surface area (Å²) in [5, 5.41) is 9.34. The molecule has 1 fully saturated rings. The zero-order chi connectivity index (χ0) is 8.97. The Morgan fingerprint density at radius 1 is 1.42 bits per heavy atom. The number of nitrogens with two attached hydrogens (primary N) is 1. The molecular formula is C8H15NO3. The number of hydrogen-bond acceptors (Lipinski definition) is 3. The quantitative estimate of drug-likeness (QED) is 0.575. The van der Waals surface area contributed by atoms with Gasteiger partial charge in [-0.15, -0.1) is 0 Å². The average Bonchev–Trinajstić information content (AvgIpc) is 2.12. The fourth-order valence-corrected chi connectivity index (χ4v) is 1.56. The highest BCUT2D eigenvalue weighted by atomic mass is 16.6. The van der Waals surface area contributed by atoms with Crippen LogP contribution in [0, 0.1) is 0 Å². The molecule has 12 heavy (non-hydrogen) atoms. The molecule has 2 atom stereocenters. The van der Waals surface area contributed by atoms with Crippen LogP contribution in [0.15, 0.2) is 0 Å². The predicted molar refractivity (Wildman–Crippen MR) is 43.5 cm³/mol. The van der Waals surface area contributed by atoms with E-state index < -0.39 is 6.09 Å². The van der Waals surface area contributed by atoms with E-state index >= 15 is 0 Å². The number of primary amides is 1. The topological polar surface area (TPSA) is 72.6 Å². The van der Waals surface area contributed by atoms with Crippen LogP contribution >= 0.6 is 0 Å². The molecule has 0 bridgehead atoms. The third-order valence-electron chi connectivity index (χ3n) is 2.13. The van der Waals surface area contributed by atoms with E-state index in [9.17, 15) is 9.90 Å². The molecule has 0 aliphatic heterocycles. The maximum absolute atomic E-state index is 10.4. The van der Waals surface area contributed by atoms with Crippen LogP contribution in [0.25, 0.3) is 0 Å². The van der Waals surface area contributed by atoms with Crippen molar-refractivity contribution >= 4 is 6.09 Å². The van der Waals surface area contributed by atoms with Gasteiger partial charge in [0.15, 0.2) is 0 Å². The Balaban J connectivity index is 2.35. The number of amides is 1. The maximum Gasteiger partial charge on any atom is 0.404 e. The first-order valence-corrected chi connectivity index (χ1v) is 4.32. The lowest BCUT2D eigenvalue weighted by atomic mass is 10.1. The minimum Gasteiger partial charge on any atom is -0.446 e. The minimum absolute atomic E-state index is 0.181. The van der Waals surface area contributed by atoms with Crippen molar-refractivity contribution in [2.75, 3.05) is 0 Å². The predicted octanol–water partition coefficient (Wildman–Crippen LogP) is 0.775. The normalized spacial score (nSPS) is 30.8. The fraction of sp³-hybridized carbons (Fsp3) is 0.875. The zero-order valence-electron chi connectivity index (χ0n) is 7.03. The van der Waals surface area contributed by atoms with Gasteiger partial charge in [0, 0.05) is 6.42 Å². The van der Waals surface area contributed by atoms with E-state index in [1.807, 2.05) is 0 Å². The third kappa shape index (κ3) is 3.09. The second-order valence-electron chi connectivity index (χ2n) is 3.23. The Kier molecular flexibility index (Phi) is 3.34. The first kappa shape index (κ1) is 9.32. The van der Waals surface area contributed by atoms with Crippen LogP contribution in [0.2, 0.25) is 0 Å². The van der Waals surface area contributed by atoms with Gasteiger partial charge in [0.05, 0.1) is 6.10 Å². The molecule has 0 radical (unpaired) electrons. The van der Waals surface area contributed by atoms with E-state index in [1.54, 1.807) is 0 Å². The number of hydrogen-bond donors (Lipinski definition) is 2. The average molecular weight is 173 g/mol. The molecule has 0 aromatic carbocycles. The van der Waals surface area contributed by atoms with Crippen molar-refractivity contribution in [3.63, 3.8) is 0 Å². The van der Waals surface area contributed by atoms with Crippen molar-refractivity contribution in [2.45, 2.75) is 44.3 Å². The lowest BCUT2D eigenvalue weighted by Crippen LogP contribution is -2.25. The molecular weight excluding hydrogens is 158 g/mol. The van der Waals surface area contributed by atoms with Crippen LogP contribution in [-0.2, 0) is 4.74 Å². The van der Waals surface area contributed by atoms with Gasteiger partial charge >= 0.3 is 6.09 Å². The van der Waals surface area contributed by atoms with E-state index in [0.717, 1.165) is 25.7 Å². The molecule has 0 heterocycles. The van der Waals surface area contributed by atoms with Gasteiger partial charge < -0.3 is 15.6 Å². The summed E-state index contributed by atoms with van der Waals surface area (Å²) >= 11 is 0. The molecule has 0 spiro atoms. The van der Waals surface area contributed by atoms with Gasteiger partial charge in [-0.3, -0.25) is 0 Å². The summed E-state index contributed by atoms with van der Waals surface area (Å²) < 4.78 is 4.82. The molecule has 0 aromatic heterocycles.